The number of benzene rings is 1. The molecule has 150 valence electrons. The quantitative estimate of drug-likeness (QED) is 0.553. The Balaban J connectivity index is 2.21. The van der Waals surface area contributed by atoms with Crippen LogP contribution in [0.3, 0.4) is 0 Å². The van der Waals surface area contributed by atoms with Gasteiger partial charge in [0.25, 0.3) is 0 Å². The molecule has 1 heterocycles. The number of nitrogens with zero attached hydrogens (tertiary/aromatic N) is 1. The minimum absolute atomic E-state index is 0.0762. The number of hydrogen-bond donors (Lipinski definition) is 1. The zero-order chi connectivity index (χ0) is 20.6. The Bertz CT molecular complexity index is 985. The van der Waals surface area contributed by atoms with Crippen LogP contribution in [-0.2, 0) is 14.4 Å². The Morgan fingerprint density at radius 2 is 1.96 bits per heavy atom. The zero-order valence-electron chi connectivity index (χ0n) is 13.9. The number of alkyl halides is 1. The van der Waals surface area contributed by atoms with E-state index in [1.54, 1.807) is 0 Å². The average Bonchev–Trinajstić information content (AvgIpc) is 3.37. The van der Waals surface area contributed by atoms with Gasteiger partial charge in [-0.15, -0.1) is 0 Å². The minimum Gasteiger partial charge on any atom is -0.491 e. The molecule has 14 heteroatoms. The predicted molar refractivity (Wildman–Crippen MR) is 82.9 cm³/mol. The van der Waals surface area contributed by atoms with E-state index < -0.39 is 59.3 Å². The number of pyridine rings is 1. The van der Waals surface area contributed by atoms with Crippen molar-refractivity contribution in [1.29, 1.82) is 0 Å². The molecular formula is C14H10BF5N2O6. The van der Waals surface area contributed by atoms with E-state index in [2.05, 4.69) is 19.8 Å². The molecule has 0 bridgehead atoms. The second-order valence-corrected chi connectivity index (χ2v) is 5.70. The summed E-state index contributed by atoms with van der Waals surface area (Å²) >= 11 is 0. The van der Waals surface area contributed by atoms with Gasteiger partial charge >= 0.3 is 13.3 Å². The summed E-state index contributed by atoms with van der Waals surface area (Å²) in [6.07, 6.45) is -0.427. The third-order valence-electron chi connectivity index (χ3n) is 3.93. The van der Waals surface area contributed by atoms with Gasteiger partial charge in [0.15, 0.2) is 11.6 Å². The molecule has 1 aromatic carbocycles. The fraction of sp³-hybridized carbons (Fsp3) is 0.286. The van der Waals surface area contributed by atoms with Crippen LogP contribution in [0.4, 0.5) is 22.2 Å². The van der Waals surface area contributed by atoms with Crippen LogP contribution >= 0.6 is 0 Å². The summed E-state index contributed by atoms with van der Waals surface area (Å²) in [5.41, 5.74) is 0.178. The molecule has 2 atom stereocenters. The summed E-state index contributed by atoms with van der Waals surface area (Å²) in [4.78, 5) is 30.3. The number of carbonyl (C=O) groups is 1. The van der Waals surface area contributed by atoms with Gasteiger partial charge in [-0.2, -0.15) is 14.1 Å². The lowest BCUT2D eigenvalue weighted by Gasteiger charge is -2.17. The second-order valence-electron chi connectivity index (χ2n) is 5.70. The van der Waals surface area contributed by atoms with Crippen molar-refractivity contribution in [3.8, 4) is 5.75 Å². The molecule has 0 unspecified atom stereocenters. The third kappa shape index (κ3) is 3.47. The van der Waals surface area contributed by atoms with Crippen molar-refractivity contribution in [1.82, 2.24) is 4.68 Å². The topological polar surface area (TPSA) is 88.0 Å². The van der Waals surface area contributed by atoms with Crippen LogP contribution in [0.15, 0.2) is 17.1 Å². The van der Waals surface area contributed by atoms with Gasteiger partial charge in [0.05, 0.1) is 18.5 Å². The molecule has 1 fully saturated rings. The number of rotatable bonds is 7. The molecule has 1 aromatic heterocycles. The molecule has 2 aromatic rings. The molecule has 0 radical (unpaired) electrons. The van der Waals surface area contributed by atoms with Crippen molar-refractivity contribution in [2.24, 2.45) is 0 Å². The molecule has 0 spiro atoms. The Labute approximate surface area is 152 Å². The van der Waals surface area contributed by atoms with Crippen molar-refractivity contribution in [2.75, 3.05) is 12.5 Å². The first-order valence-electron chi connectivity index (χ1n) is 7.60. The van der Waals surface area contributed by atoms with E-state index >= 15 is 0 Å². The molecule has 0 saturated heterocycles. The maximum atomic E-state index is 14.1. The fourth-order valence-corrected chi connectivity index (χ4v) is 2.51. The van der Waals surface area contributed by atoms with E-state index in [1.807, 2.05) is 0 Å². The van der Waals surface area contributed by atoms with Gasteiger partial charge in [0.1, 0.15) is 17.3 Å². The molecule has 1 saturated carbocycles. The molecule has 28 heavy (non-hydrogen) atoms. The molecular weight excluding hydrogens is 398 g/mol. The molecule has 8 nitrogen and oxygen atoms in total. The number of aromatic nitrogens is 1. The van der Waals surface area contributed by atoms with E-state index in [1.165, 1.54) is 0 Å². The van der Waals surface area contributed by atoms with Gasteiger partial charge in [-0.3, -0.25) is 9.47 Å². The normalized spacial score (nSPS) is 18.1. The van der Waals surface area contributed by atoms with Gasteiger partial charge in [0, 0.05) is 12.6 Å². The van der Waals surface area contributed by atoms with Crippen LogP contribution < -0.4 is 15.6 Å². The number of nitrogens with one attached hydrogen (secondary N) is 1. The van der Waals surface area contributed by atoms with Crippen molar-refractivity contribution in [2.45, 2.75) is 18.6 Å². The van der Waals surface area contributed by atoms with Crippen LogP contribution in [0, 0.1) is 11.6 Å². The van der Waals surface area contributed by atoms with Crippen LogP contribution in [0.5, 0.6) is 5.75 Å². The number of hydrogen-bond acceptors (Lipinski definition) is 7. The predicted octanol–water partition coefficient (Wildman–Crippen LogP) is 1.89. The highest BCUT2D eigenvalue weighted by Crippen LogP contribution is 2.32. The lowest BCUT2D eigenvalue weighted by Crippen LogP contribution is -2.31. The summed E-state index contributed by atoms with van der Waals surface area (Å²) < 4.78 is 75.0. The average molecular weight is 408 g/mol. The fourth-order valence-electron chi connectivity index (χ4n) is 2.51. The van der Waals surface area contributed by atoms with Crippen LogP contribution in [0.25, 0.3) is 10.9 Å². The zero-order valence-corrected chi connectivity index (χ0v) is 13.9. The summed E-state index contributed by atoms with van der Waals surface area (Å²) in [5.74, 6) is -5.19. The first-order valence-corrected chi connectivity index (χ1v) is 7.60. The van der Waals surface area contributed by atoms with E-state index in [0.29, 0.717) is 6.07 Å². The molecule has 3 rings (SSSR count). The monoisotopic (exact) mass is 408 g/mol. The number of ether oxygens (including phenoxy) is 1. The maximum Gasteiger partial charge on any atom is 0.780 e. The van der Waals surface area contributed by atoms with Gasteiger partial charge in [-0.1, -0.05) is 9.05 Å². The first-order chi connectivity index (χ1) is 13.3. The number of fused-ring (bicyclic) bond motifs is 1. The Morgan fingerprint density at radius 3 is 2.50 bits per heavy atom. The Morgan fingerprint density at radius 1 is 1.32 bits per heavy atom. The molecule has 1 N–H and O–H groups in total. The molecule has 1 aliphatic rings. The summed E-state index contributed by atoms with van der Waals surface area (Å²) in [7, 11) is -1.72. The highest BCUT2D eigenvalue weighted by Gasteiger charge is 2.39. The lowest BCUT2D eigenvalue weighted by molar-refractivity contribution is -0.135. The van der Waals surface area contributed by atoms with E-state index in [9.17, 15) is 31.8 Å². The summed E-state index contributed by atoms with van der Waals surface area (Å²) in [6.45, 7) is 0. The molecule has 1 aliphatic carbocycles. The van der Waals surface area contributed by atoms with E-state index in [4.69, 9.17) is 4.74 Å². The summed E-state index contributed by atoms with van der Waals surface area (Å²) in [6, 6.07) is -0.262. The van der Waals surface area contributed by atoms with Gasteiger partial charge in [-0.25, -0.2) is 13.6 Å². The van der Waals surface area contributed by atoms with Gasteiger partial charge in [-0.05, 0) is 6.07 Å². The number of carbonyl (C=O) groups excluding carboxylic acids is 1. The Hall–Kier alpha value is -2.87. The number of methoxy groups -OCH3 is 1. The Kier molecular flexibility index (Phi) is 5.42. The van der Waals surface area contributed by atoms with Gasteiger partial charge in [0.2, 0.25) is 11.2 Å². The first kappa shape index (κ1) is 19.9. The van der Waals surface area contributed by atoms with E-state index in [-0.39, 0.29) is 11.9 Å². The van der Waals surface area contributed by atoms with Crippen molar-refractivity contribution in [3.63, 3.8) is 0 Å². The molecule has 0 amide bonds. The third-order valence-corrected chi connectivity index (χ3v) is 3.93. The largest absolute Gasteiger partial charge is 0.780 e. The van der Waals surface area contributed by atoms with E-state index in [0.717, 1.165) is 18.0 Å². The number of halogens is 5. The van der Waals surface area contributed by atoms with Crippen molar-refractivity contribution in [3.05, 3.63) is 39.7 Å². The highest BCUT2D eigenvalue weighted by molar-refractivity contribution is 6.39. The summed E-state index contributed by atoms with van der Waals surface area (Å²) in [5, 5.41) is -0.548. The van der Waals surface area contributed by atoms with Crippen LogP contribution in [0.2, 0.25) is 0 Å². The SMILES string of the molecule is COc1c(F)c(F)cc2c(=O)c(C(=O)OB(OF)OF)cn(N[C@@H]3C[C@@H]3F)c12. The standard InChI is InChI=1S/C14H10BF5N2O6/c1-25-13-10(18)8(17)2-5-11(13)22(21-9-3-7(9)16)4-6(12(5)23)14(24)26-15(27-19)28-20/h2,4,7,9,21H,3H2,1H3/t7-,9+/m0/s1. The highest BCUT2D eigenvalue weighted by atomic mass is 19.3. The minimum atomic E-state index is -2.72. The van der Waals surface area contributed by atoms with Crippen molar-refractivity contribution < 1.29 is 46.1 Å². The smallest absolute Gasteiger partial charge is 0.491 e. The van der Waals surface area contributed by atoms with Crippen molar-refractivity contribution >= 4 is 24.2 Å². The van der Waals surface area contributed by atoms with Crippen LogP contribution in [-0.4, -0.2) is 37.3 Å². The van der Waals surface area contributed by atoms with Gasteiger partial charge < -0.3 is 14.8 Å². The molecule has 0 aliphatic heterocycles. The second kappa shape index (κ2) is 7.63. The lowest BCUT2D eigenvalue weighted by atomic mass is 10.1. The van der Waals surface area contributed by atoms with Crippen LogP contribution in [0.1, 0.15) is 16.8 Å². The maximum absolute atomic E-state index is 14.1.